The van der Waals surface area contributed by atoms with Crippen LogP contribution in [0, 0.1) is 23.2 Å². The summed E-state index contributed by atoms with van der Waals surface area (Å²) in [6, 6.07) is 2.26. The van der Waals surface area contributed by atoms with Crippen molar-refractivity contribution >= 4 is 5.91 Å². The third kappa shape index (κ3) is 3.68. The highest BCUT2D eigenvalue weighted by molar-refractivity contribution is 5.79. The van der Waals surface area contributed by atoms with Crippen molar-refractivity contribution in [3.05, 3.63) is 0 Å². The number of rotatable bonds is 5. The van der Waals surface area contributed by atoms with Crippen LogP contribution in [0.3, 0.4) is 0 Å². The van der Waals surface area contributed by atoms with Gasteiger partial charge in [0.1, 0.15) is 5.54 Å². The first kappa shape index (κ1) is 14.3. The highest BCUT2D eigenvalue weighted by Crippen LogP contribution is 2.39. The van der Waals surface area contributed by atoms with Crippen molar-refractivity contribution in [3.63, 3.8) is 0 Å². The Morgan fingerprint density at radius 3 is 2.53 bits per heavy atom. The van der Waals surface area contributed by atoms with Gasteiger partial charge in [0.15, 0.2) is 0 Å². The molecule has 1 aliphatic heterocycles. The number of nitrogens with zero attached hydrogens (tertiary/aromatic N) is 2. The van der Waals surface area contributed by atoms with Gasteiger partial charge in [0, 0.05) is 0 Å². The number of carbonyl (C=O) groups is 1. The van der Waals surface area contributed by atoms with Crippen molar-refractivity contribution in [2.75, 3.05) is 26.2 Å². The molecule has 106 valence electrons. The van der Waals surface area contributed by atoms with Gasteiger partial charge >= 0.3 is 0 Å². The van der Waals surface area contributed by atoms with E-state index < -0.39 is 5.54 Å². The van der Waals surface area contributed by atoms with Crippen LogP contribution < -0.4 is 11.1 Å². The largest absolute Gasteiger partial charge is 0.337 e. The van der Waals surface area contributed by atoms with Crippen molar-refractivity contribution in [3.8, 4) is 6.07 Å². The third-order valence-electron chi connectivity index (χ3n) is 4.43. The highest BCUT2D eigenvalue weighted by Gasteiger charge is 2.43. The van der Waals surface area contributed by atoms with Gasteiger partial charge in [-0.3, -0.25) is 9.69 Å². The fraction of sp³-hybridized carbons (Fsp3) is 0.857. The van der Waals surface area contributed by atoms with Crippen molar-refractivity contribution in [1.29, 1.82) is 5.26 Å². The first-order valence-corrected chi connectivity index (χ1v) is 7.22. The van der Waals surface area contributed by atoms with E-state index in [1.54, 1.807) is 0 Å². The highest BCUT2D eigenvalue weighted by atomic mass is 16.2. The zero-order valence-electron chi connectivity index (χ0n) is 11.7. The fourth-order valence-electron chi connectivity index (χ4n) is 2.79. The van der Waals surface area contributed by atoms with Crippen molar-refractivity contribution < 1.29 is 4.79 Å². The molecule has 3 N–H and O–H groups in total. The molecule has 1 amide bonds. The molecule has 0 spiro atoms. The van der Waals surface area contributed by atoms with E-state index in [0.717, 1.165) is 45.3 Å². The molecule has 5 heteroatoms. The van der Waals surface area contributed by atoms with Crippen LogP contribution in [0.4, 0.5) is 0 Å². The summed E-state index contributed by atoms with van der Waals surface area (Å²) in [6.07, 6.45) is 4.24. The Balaban J connectivity index is 1.77. The lowest BCUT2D eigenvalue weighted by atomic mass is 9.96. The van der Waals surface area contributed by atoms with Crippen LogP contribution in [-0.4, -0.2) is 42.5 Å². The summed E-state index contributed by atoms with van der Waals surface area (Å²) in [6.45, 7) is 4.85. The van der Waals surface area contributed by atoms with E-state index in [1.807, 2.05) is 6.92 Å². The predicted molar refractivity (Wildman–Crippen MR) is 73.1 cm³/mol. The lowest BCUT2D eigenvalue weighted by Crippen LogP contribution is -2.51. The molecule has 1 aliphatic carbocycles. The molecule has 5 nitrogen and oxygen atoms in total. The summed E-state index contributed by atoms with van der Waals surface area (Å²) in [5.74, 6) is 0.918. The van der Waals surface area contributed by atoms with Crippen molar-refractivity contribution in [2.45, 2.75) is 38.1 Å². The number of hydrogen-bond donors (Lipinski definition) is 2. The van der Waals surface area contributed by atoms with Crippen LogP contribution in [0.25, 0.3) is 0 Å². The molecule has 0 bridgehead atoms. The summed E-state index contributed by atoms with van der Waals surface area (Å²) in [5.41, 5.74) is 4.98. The van der Waals surface area contributed by atoms with E-state index in [2.05, 4.69) is 16.3 Å². The molecule has 1 saturated carbocycles. The van der Waals surface area contributed by atoms with Gasteiger partial charge in [0.2, 0.25) is 5.91 Å². The van der Waals surface area contributed by atoms with Crippen LogP contribution >= 0.6 is 0 Å². The zero-order chi connectivity index (χ0) is 13.9. The number of nitrogens with one attached hydrogen (secondary N) is 1. The molecule has 0 aromatic heterocycles. The van der Waals surface area contributed by atoms with Crippen LogP contribution in [0.5, 0.6) is 0 Å². The average Bonchev–Trinajstić information content (AvgIpc) is 3.24. The van der Waals surface area contributed by atoms with Gasteiger partial charge in [0.05, 0.1) is 12.6 Å². The normalized spacial score (nSPS) is 24.5. The first-order chi connectivity index (χ1) is 9.07. The molecule has 2 aliphatic rings. The van der Waals surface area contributed by atoms with E-state index in [4.69, 9.17) is 5.73 Å². The van der Waals surface area contributed by atoms with Crippen LogP contribution in [0.15, 0.2) is 0 Å². The lowest BCUT2D eigenvalue weighted by molar-refractivity contribution is -0.124. The quantitative estimate of drug-likeness (QED) is 0.756. The number of nitrogens with two attached hydrogens (primary N) is 1. The maximum Gasteiger partial charge on any atom is 0.235 e. The summed E-state index contributed by atoms with van der Waals surface area (Å²) < 4.78 is 0. The first-order valence-electron chi connectivity index (χ1n) is 7.22. The Bertz CT molecular complexity index is 366. The van der Waals surface area contributed by atoms with Gasteiger partial charge in [-0.1, -0.05) is 0 Å². The monoisotopic (exact) mass is 264 g/mol. The Morgan fingerprint density at radius 1 is 1.42 bits per heavy atom. The molecule has 19 heavy (non-hydrogen) atoms. The smallest absolute Gasteiger partial charge is 0.235 e. The molecular weight excluding hydrogens is 240 g/mol. The minimum atomic E-state index is -0.674. The molecule has 0 radical (unpaired) electrons. The maximum atomic E-state index is 12.0. The van der Waals surface area contributed by atoms with Gasteiger partial charge in [0.25, 0.3) is 0 Å². The Morgan fingerprint density at radius 2 is 2.05 bits per heavy atom. The Hall–Kier alpha value is -1.12. The topological polar surface area (TPSA) is 82.2 Å². The van der Waals surface area contributed by atoms with E-state index in [1.165, 1.54) is 0 Å². The Labute approximate surface area is 115 Å². The van der Waals surface area contributed by atoms with Gasteiger partial charge in [-0.15, -0.1) is 0 Å². The van der Waals surface area contributed by atoms with Gasteiger partial charge in [-0.25, -0.2) is 0 Å². The van der Waals surface area contributed by atoms with Crippen molar-refractivity contribution in [2.24, 2.45) is 17.6 Å². The minimum Gasteiger partial charge on any atom is -0.337 e. The number of carbonyl (C=O) groups excluding carboxylic acids is 1. The molecule has 1 saturated heterocycles. The summed E-state index contributed by atoms with van der Waals surface area (Å²) in [4.78, 5) is 14.2. The van der Waals surface area contributed by atoms with Crippen molar-refractivity contribution in [1.82, 2.24) is 10.2 Å². The second kappa shape index (κ2) is 5.89. The maximum absolute atomic E-state index is 12.0. The fourth-order valence-corrected chi connectivity index (χ4v) is 2.79. The van der Waals surface area contributed by atoms with Crippen LogP contribution in [0.2, 0.25) is 0 Å². The lowest BCUT2D eigenvalue weighted by Gasteiger charge is -2.32. The molecule has 0 aromatic carbocycles. The van der Waals surface area contributed by atoms with Gasteiger partial charge < -0.3 is 11.1 Å². The SMILES string of the molecule is CC(C#N)(NC(=O)CN1CCC(CN)CC1)C1CC1. The second-order valence-corrected chi connectivity index (χ2v) is 6.09. The van der Waals surface area contributed by atoms with Gasteiger partial charge in [-0.05, 0) is 64.1 Å². The average molecular weight is 264 g/mol. The van der Waals surface area contributed by atoms with Gasteiger partial charge in [-0.2, -0.15) is 5.26 Å². The summed E-state index contributed by atoms with van der Waals surface area (Å²) in [5, 5.41) is 12.1. The van der Waals surface area contributed by atoms with Crippen LogP contribution in [0.1, 0.15) is 32.6 Å². The predicted octanol–water partition coefficient (Wildman–Crippen LogP) is 0.466. The van der Waals surface area contributed by atoms with E-state index in [9.17, 15) is 10.1 Å². The standard InChI is InChI=1S/C14H24N4O/c1-14(10-16,12-2-3-12)17-13(19)9-18-6-4-11(8-15)5-7-18/h11-12H,2-9,15H2,1H3,(H,17,19). The van der Waals surface area contributed by atoms with E-state index in [-0.39, 0.29) is 5.91 Å². The van der Waals surface area contributed by atoms with Crippen LogP contribution in [-0.2, 0) is 4.79 Å². The number of likely N-dealkylation sites (tertiary alicyclic amines) is 1. The third-order valence-corrected chi connectivity index (χ3v) is 4.43. The molecule has 2 fully saturated rings. The number of hydrogen-bond acceptors (Lipinski definition) is 4. The molecule has 1 atom stereocenters. The molecule has 0 aromatic rings. The second-order valence-electron chi connectivity index (χ2n) is 6.09. The molecule has 2 rings (SSSR count). The molecule has 1 unspecified atom stereocenters. The molecular formula is C14H24N4O. The summed E-state index contributed by atoms with van der Waals surface area (Å²) in [7, 11) is 0. The summed E-state index contributed by atoms with van der Waals surface area (Å²) >= 11 is 0. The van der Waals surface area contributed by atoms with E-state index >= 15 is 0 Å². The number of amides is 1. The zero-order valence-corrected chi connectivity index (χ0v) is 11.7. The van der Waals surface area contributed by atoms with E-state index in [0.29, 0.717) is 18.4 Å². The molecule has 1 heterocycles. The minimum absolute atomic E-state index is 0.0258. The number of piperidine rings is 1. The Kier molecular flexibility index (Phi) is 4.43. The number of nitriles is 1.